The van der Waals surface area contributed by atoms with Gasteiger partial charge in [-0.3, -0.25) is 0 Å². The number of ether oxygens (including phenoxy) is 3. The average molecular weight is 352 g/mol. The molecule has 3 rings (SSSR count). The molecule has 0 saturated carbocycles. The van der Waals surface area contributed by atoms with E-state index in [1.54, 1.807) is 26.7 Å². The molecule has 5 heteroatoms. The van der Waals surface area contributed by atoms with Crippen molar-refractivity contribution in [3.05, 3.63) is 78.4 Å². The molecule has 1 aromatic heterocycles. The van der Waals surface area contributed by atoms with Crippen LogP contribution < -0.4 is 9.47 Å². The molecule has 0 amide bonds. The van der Waals surface area contributed by atoms with E-state index in [1.807, 2.05) is 54.1 Å². The van der Waals surface area contributed by atoms with Crippen LogP contribution in [0.5, 0.6) is 11.5 Å². The molecule has 5 nitrogen and oxygen atoms in total. The Labute approximate surface area is 154 Å². The fourth-order valence-corrected chi connectivity index (χ4v) is 2.83. The summed E-state index contributed by atoms with van der Waals surface area (Å²) in [5.74, 6) is 1.68. The van der Waals surface area contributed by atoms with E-state index < -0.39 is 0 Å². The summed E-state index contributed by atoms with van der Waals surface area (Å²) in [6.45, 7) is 2.02. The van der Waals surface area contributed by atoms with Gasteiger partial charge in [-0.15, -0.1) is 0 Å². The molecule has 0 radical (unpaired) electrons. The van der Waals surface area contributed by atoms with Crippen LogP contribution in [-0.4, -0.2) is 23.8 Å². The number of imidazole rings is 1. The van der Waals surface area contributed by atoms with Crippen molar-refractivity contribution in [3.8, 4) is 11.5 Å². The predicted molar refractivity (Wildman–Crippen MR) is 100 cm³/mol. The molecule has 0 unspecified atom stereocenters. The Morgan fingerprint density at radius 3 is 2.08 bits per heavy atom. The predicted octanol–water partition coefficient (Wildman–Crippen LogP) is 4.42. The number of hydrogen-bond acceptors (Lipinski definition) is 4. The van der Waals surface area contributed by atoms with Crippen molar-refractivity contribution in [3.63, 3.8) is 0 Å². The van der Waals surface area contributed by atoms with Crippen molar-refractivity contribution in [2.24, 2.45) is 0 Å². The molecule has 0 bridgehead atoms. The summed E-state index contributed by atoms with van der Waals surface area (Å²) in [7, 11) is 3.34. The van der Waals surface area contributed by atoms with Gasteiger partial charge in [0.25, 0.3) is 0 Å². The van der Waals surface area contributed by atoms with E-state index >= 15 is 0 Å². The zero-order chi connectivity index (χ0) is 18.4. The third-order valence-electron chi connectivity index (χ3n) is 4.37. The van der Waals surface area contributed by atoms with Crippen LogP contribution in [0.4, 0.5) is 0 Å². The van der Waals surface area contributed by atoms with Crippen molar-refractivity contribution >= 4 is 0 Å². The molecule has 2 aromatic carbocycles. The molecular formula is C21H24N2O3. The third kappa shape index (κ3) is 4.43. The fraction of sp³-hybridized carbons (Fsp3) is 0.286. The van der Waals surface area contributed by atoms with Crippen molar-refractivity contribution in [2.75, 3.05) is 14.2 Å². The monoisotopic (exact) mass is 352 g/mol. The quantitative estimate of drug-likeness (QED) is 0.602. The number of rotatable bonds is 8. The lowest BCUT2D eigenvalue weighted by atomic mass is 10.0. The molecule has 3 aromatic rings. The Morgan fingerprint density at radius 2 is 1.54 bits per heavy atom. The standard InChI is InChI=1S/C21H24N2O3/c1-16(23-13-12-22-15-23)26-21(18-6-10-20(25-3)11-7-18)14-17-4-8-19(24-2)9-5-17/h4-13,15-16,21H,14H2,1-3H3/t16-,21+/m1/s1. The smallest absolute Gasteiger partial charge is 0.132 e. The van der Waals surface area contributed by atoms with Gasteiger partial charge in [-0.1, -0.05) is 24.3 Å². The van der Waals surface area contributed by atoms with Crippen LogP contribution >= 0.6 is 0 Å². The van der Waals surface area contributed by atoms with Crippen LogP contribution in [0.2, 0.25) is 0 Å². The van der Waals surface area contributed by atoms with E-state index in [1.165, 1.54) is 5.56 Å². The number of nitrogens with zero attached hydrogens (tertiary/aromatic N) is 2. The van der Waals surface area contributed by atoms with Crippen molar-refractivity contribution in [1.29, 1.82) is 0 Å². The molecule has 1 heterocycles. The van der Waals surface area contributed by atoms with E-state index in [2.05, 4.69) is 17.1 Å². The molecule has 0 aliphatic heterocycles. The van der Waals surface area contributed by atoms with Gasteiger partial charge >= 0.3 is 0 Å². The van der Waals surface area contributed by atoms with Crippen LogP contribution in [0.25, 0.3) is 0 Å². The highest BCUT2D eigenvalue weighted by Crippen LogP contribution is 2.29. The molecule has 0 aliphatic carbocycles. The lowest BCUT2D eigenvalue weighted by Gasteiger charge is -2.24. The van der Waals surface area contributed by atoms with E-state index in [0.29, 0.717) is 0 Å². The van der Waals surface area contributed by atoms with Gasteiger partial charge in [0.05, 0.1) is 26.7 Å². The number of benzene rings is 2. The highest BCUT2D eigenvalue weighted by atomic mass is 16.5. The number of aromatic nitrogens is 2. The second-order valence-corrected chi connectivity index (χ2v) is 6.06. The van der Waals surface area contributed by atoms with Crippen LogP contribution in [0.1, 0.15) is 30.4 Å². The second kappa shape index (κ2) is 8.54. The SMILES string of the molecule is COc1ccc(C[C@H](O[C@H](C)n2ccnc2)c2ccc(OC)cc2)cc1. The van der Waals surface area contributed by atoms with Gasteiger partial charge in [0.15, 0.2) is 0 Å². The van der Waals surface area contributed by atoms with E-state index in [-0.39, 0.29) is 12.3 Å². The highest BCUT2D eigenvalue weighted by Gasteiger charge is 2.17. The van der Waals surface area contributed by atoms with Gasteiger partial charge in [-0.25, -0.2) is 4.98 Å². The summed E-state index contributed by atoms with van der Waals surface area (Å²) < 4.78 is 18.8. The van der Waals surface area contributed by atoms with E-state index in [4.69, 9.17) is 14.2 Å². The normalized spacial score (nSPS) is 13.2. The summed E-state index contributed by atoms with van der Waals surface area (Å²) in [6, 6.07) is 16.1. The molecule has 0 fully saturated rings. The molecule has 26 heavy (non-hydrogen) atoms. The summed E-state index contributed by atoms with van der Waals surface area (Å²) in [5.41, 5.74) is 2.29. The zero-order valence-electron chi connectivity index (χ0n) is 15.3. The van der Waals surface area contributed by atoms with Gasteiger partial charge in [0.1, 0.15) is 17.7 Å². The first kappa shape index (κ1) is 18.0. The van der Waals surface area contributed by atoms with Gasteiger partial charge in [0, 0.05) is 18.8 Å². The molecule has 2 atom stereocenters. The third-order valence-corrected chi connectivity index (χ3v) is 4.37. The van der Waals surface area contributed by atoms with Crippen LogP contribution in [-0.2, 0) is 11.2 Å². The minimum absolute atomic E-state index is 0.0910. The second-order valence-electron chi connectivity index (χ2n) is 6.06. The first-order chi connectivity index (χ1) is 12.7. The highest BCUT2D eigenvalue weighted by molar-refractivity contribution is 5.31. The Morgan fingerprint density at radius 1 is 0.923 bits per heavy atom. The van der Waals surface area contributed by atoms with E-state index in [0.717, 1.165) is 23.5 Å². The lowest BCUT2D eigenvalue weighted by Crippen LogP contribution is -2.15. The first-order valence-electron chi connectivity index (χ1n) is 8.59. The molecule has 0 aliphatic rings. The molecule has 0 spiro atoms. The summed E-state index contributed by atoms with van der Waals surface area (Å²) >= 11 is 0. The van der Waals surface area contributed by atoms with E-state index in [9.17, 15) is 0 Å². The van der Waals surface area contributed by atoms with Gasteiger partial charge in [0.2, 0.25) is 0 Å². The van der Waals surface area contributed by atoms with Crippen molar-refractivity contribution < 1.29 is 14.2 Å². The first-order valence-corrected chi connectivity index (χ1v) is 8.59. The van der Waals surface area contributed by atoms with Crippen LogP contribution in [0.15, 0.2) is 67.3 Å². The van der Waals surface area contributed by atoms with Gasteiger partial charge < -0.3 is 18.8 Å². The molecular weight excluding hydrogens is 328 g/mol. The van der Waals surface area contributed by atoms with Crippen LogP contribution in [0.3, 0.4) is 0 Å². The Kier molecular flexibility index (Phi) is 5.92. The maximum Gasteiger partial charge on any atom is 0.132 e. The Balaban J connectivity index is 1.81. The minimum atomic E-state index is -0.122. The number of hydrogen-bond donors (Lipinski definition) is 0. The van der Waals surface area contributed by atoms with Crippen molar-refractivity contribution in [2.45, 2.75) is 25.7 Å². The minimum Gasteiger partial charge on any atom is -0.497 e. The van der Waals surface area contributed by atoms with Crippen molar-refractivity contribution in [1.82, 2.24) is 9.55 Å². The summed E-state index contributed by atoms with van der Waals surface area (Å²) in [5, 5.41) is 0. The zero-order valence-corrected chi connectivity index (χ0v) is 15.3. The van der Waals surface area contributed by atoms with Gasteiger partial charge in [-0.2, -0.15) is 0 Å². The van der Waals surface area contributed by atoms with Crippen LogP contribution in [0, 0.1) is 0 Å². The molecule has 0 saturated heterocycles. The fourth-order valence-electron chi connectivity index (χ4n) is 2.83. The summed E-state index contributed by atoms with van der Waals surface area (Å²) in [4.78, 5) is 4.10. The summed E-state index contributed by atoms with van der Waals surface area (Å²) in [6.07, 6.45) is 5.97. The topological polar surface area (TPSA) is 45.5 Å². The largest absolute Gasteiger partial charge is 0.497 e. The average Bonchev–Trinajstić information content (AvgIpc) is 3.23. The number of methoxy groups -OCH3 is 2. The molecule has 136 valence electrons. The van der Waals surface area contributed by atoms with Gasteiger partial charge in [-0.05, 0) is 42.3 Å². The maximum absolute atomic E-state index is 6.37. The molecule has 0 N–H and O–H groups in total. The maximum atomic E-state index is 6.37. The lowest BCUT2D eigenvalue weighted by molar-refractivity contribution is -0.0445. The Bertz CT molecular complexity index is 783. The Hall–Kier alpha value is -2.79.